The van der Waals surface area contributed by atoms with Gasteiger partial charge in [-0.2, -0.15) is 0 Å². The first-order valence-corrected chi connectivity index (χ1v) is 5.55. The molecular weight excluding hydrogens is 188 g/mol. The molecule has 15 heavy (non-hydrogen) atoms. The molecule has 0 aromatic rings. The Balaban J connectivity index is 2.39. The zero-order valence-corrected chi connectivity index (χ0v) is 10.7. The van der Waals surface area contributed by atoms with Gasteiger partial charge in [-0.25, -0.2) is 0 Å². The van der Waals surface area contributed by atoms with Crippen LogP contribution in [0.2, 0.25) is 0 Å². The van der Waals surface area contributed by atoms with Gasteiger partial charge in [0.15, 0.2) is 5.96 Å². The summed E-state index contributed by atoms with van der Waals surface area (Å²) in [5, 5.41) is 3.37. The monoisotopic (exact) mass is 212 g/mol. The number of nitrogens with zero attached hydrogens (tertiary/aromatic N) is 3. The third-order valence-corrected chi connectivity index (χ3v) is 2.53. The van der Waals surface area contributed by atoms with E-state index in [2.05, 4.69) is 55.1 Å². The second-order valence-electron chi connectivity index (χ2n) is 5.39. The molecule has 1 aliphatic rings. The van der Waals surface area contributed by atoms with Crippen LogP contribution in [0.25, 0.3) is 0 Å². The molecule has 4 heteroatoms. The lowest BCUT2D eigenvalue weighted by molar-refractivity contribution is 0.259. The summed E-state index contributed by atoms with van der Waals surface area (Å²) in [6.45, 7) is 8.49. The highest BCUT2D eigenvalue weighted by Crippen LogP contribution is 2.20. The van der Waals surface area contributed by atoms with Crippen molar-refractivity contribution in [2.75, 3.05) is 47.3 Å². The van der Waals surface area contributed by atoms with Crippen molar-refractivity contribution in [2.24, 2.45) is 10.4 Å². The van der Waals surface area contributed by atoms with Gasteiger partial charge >= 0.3 is 0 Å². The van der Waals surface area contributed by atoms with Crippen LogP contribution < -0.4 is 5.32 Å². The summed E-state index contributed by atoms with van der Waals surface area (Å²) in [4.78, 5) is 8.95. The van der Waals surface area contributed by atoms with E-state index in [0.717, 1.165) is 32.1 Å². The lowest BCUT2D eigenvalue weighted by atomic mass is 9.92. The van der Waals surface area contributed by atoms with Crippen molar-refractivity contribution in [3.05, 3.63) is 0 Å². The normalized spacial score (nSPS) is 20.4. The van der Waals surface area contributed by atoms with Crippen LogP contribution >= 0.6 is 0 Å². The molecule has 88 valence electrons. The maximum absolute atomic E-state index is 4.57. The number of nitrogens with one attached hydrogen (secondary N) is 1. The molecule has 0 fully saturated rings. The molecule has 0 amide bonds. The van der Waals surface area contributed by atoms with E-state index in [9.17, 15) is 0 Å². The lowest BCUT2D eigenvalue weighted by Gasteiger charge is -2.36. The second-order valence-corrected chi connectivity index (χ2v) is 5.39. The number of hydrogen-bond acceptors (Lipinski definition) is 4. The van der Waals surface area contributed by atoms with Crippen LogP contribution in [0.4, 0.5) is 0 Å². The Kier molecular flexibility index (Phi) is 3.97. The van der Waals surface area contributed by atoms with E-state index < -0.39 is 0 Å². The molecule has 0 saturated heterocycles. The average molecular weight is 212 g/mol. The fourth-order valence-electron chi connectivity index (χ4n) is 1.76. The fraction of sp³-hybridized carbons (Fsp3) is 0.909. The predicted octanol–water partition coefficient (Wildman–Crippen LogP) is 0.465. The third-order valence-electron chi connectivity index (χ3n) is 2.53. The highest BCUT2D eigenvalue weighted by molar-refractivity contribution is 5.80. The van der Waals surface area contributed by atoms with Crippen molar-refractivity contribution >= 4 is 5.96 Å². The van der Waals surface area contributed by atoms with E-state index in [0.29, 0.717) is 5.41 Å². The highest BCUT2D eigenvalue weighted by Gasteiger charge is 2.25. The van der Waals surface area contributed by atoms with Crippen molar-refractivity contribution in [3.63, 3.8) is 0 Å². The highest BCUT2D eigenvalue weighted by atomic mass is 15.3. The number of rotatable bonds is 3. The van der Waals surface area contributed by atoms with Gasteiger partial charge in [-0.15, -0.1) is 0 Å². The maximum Gasteiger partial charge on any atom is 0.193 e. The minimum absolute atomic E-state index is 0.307. The van der Waals surface area contributed by atoms with Crippen molar-refractivity contribution in [1.82, 2.24) is 15.1 Å². The molecule has 0 saturated carbocycles. The first kappa shape index (κ1) is 12.3. The molecule has 1 rings (SSSR count). The van der Waals surface area contributed by atoms with E-state index in [1.807, 2.05) is 0 Å². The summed E-state index contributed by atoms with van der Waals surface area (Å²) >= 11 is 0. The Bertz CT molecular complexity index is 233. The minimum Gasteiger partial charge on any atom is -0.355 e. The van der Waals surface area contributed by atoms with Crippen molar-refractivity contribution in [1.29, 1.82) is 0 Å². The summed E-state index contributed by atoms with van der Waals surface area (Å²) in [6.07, 6.45) is 0. The van der Waals surface area contributed by atoms with Gasteiger partial charge in [0.2, 0.25) is 0 Å². The maximum atomic E-state index is 4.57. The molecule has 1 N–H and O–H groups in total. The van der Waals surface area contributed by atoms with Crippen LogP contribution in [-0.4, -0.2) is 63.1 Å². The molecule has 0 spiro atoms. The van der Waals surface area contributed by atoms with Crippen LogP contribution in [0.15, 0.2) is 4.99 Å². The van der Waals surface area contributed by atoms with Gasteiger partial charge in [0.1, 0.15) is 0 Å². The van der Waals surface area contributed by atoms with Crippen molar-refractivity contribution < 1.29 is 0 Å². The van der Waals surface area contributed by atoms with E-state index in [1.54, 1.807) is 0 Å². The lowest BCUT2D eigenvalue weighted by Crippen LogP contribution is -2.49. The molecule has 1 aliphatic heterocycles. The first-order chi connectivity index (χ1) is 6.91. The Labute approximate surface area is 93.3 Å². The minimum atomic E-state index is 0.307. The quantitative estimate of drug-likeness (QED) is 0.737. The number of guanidine groups is 1. The smallest absolute Gasteiger partial charge is 0.193 e. The van der Waals surface area contributed by atoms with E-state index in [1.165, 1.54) is 0 Å². The number of aliphatic imine (C=N–C) groups is 1. The topological polar surface area (TPSA) is 30.9 Å². The number of likely N-dealkylation sites (N-methyl/N-ethyl adjacent to an activating group) is 1. The van der Waals surface area contributed by atoms with Gasteiger partial charge in [-0.05, 0) is 14.1 Å². The Morgan fingerprint density at radius 1 is 1.47 bits per heavy atom. The van der Waals surface area contributed by atoms with E-state index in [4.69, 9.17) is 0 Å². The summed E-state index contributed by atoms with van der Waals surface area (Å²) < 4.78 is 0. The van der Waals surface area contributed by atoms with E-state index >= 15 is 0 Å². The Morgan fingerprint density at radius 2 is 2.13 bits per heavy atom. The molecule has 0 bridgehead atoms. The predicted molar refractivity (Wildman–Crippen MR) is 65.3 cm³/mol. The van der Waals surface area contributed by atoms with Crippen molar-refractivity contribution in [2.45, 2.75) is 13.8 Å². The van der Waals surface area contributed by atoms with Crippen LogP contribution in [0.1, 0.15) is 13.8 Å². The second kappa shape index (κ2) is 4.84. The molecule has 0 atom stereocenters. The first-order valence-electron chi connectivity index (χ1n) is 5.55. The molecule has 0 aromatic heterocycles. The zero-order chi connectivity index (χ0) is 11.5. The average Bonchev–Trinajstić information content (AvgIpc) is 2.07. The van der Waals surface area contributed by atoms with Gasteiger partial charge in [-0.3, -0.25) is 4.99 Å². The Morgan fingerprint density at radius 3 is 2.67 bits per heavy atom. The molecule has 1 heterocycles. The summed E-state index contributed by atoms with van der Waals surface area (Å²) in [7, 11) is 6.26. The van der Waals surface area contributed by atoms with E-state index in [-0.39, 0.29) is 0 Å². The van der Waals surface area contributed by atoms with Crippen LogP contribution in [0.5, 0.6) is 0 Å². The molecule has 0 unspecified atom stereocenters. The van der Waals surface area contributed by atoms with Crippen molar-refractivity contribution in [3.8, 4) is 0 Å². The molecule has 4 nitrogen and oxygen atoms in total. The Hall–Kier alpha value is -0.770. The fourth-order valence-corrected chi connectivity index (χ4v) is 1.76. The zero-order valence-electron chi connectivity index (χ0n) is 10.7. The van der Waals surface area contributed by atoms with Gasteiger partial charge in [-0.1, -0.05) is 13.8 Å². The summed E-state index contributed by atoms with van der Waals surface area (Å²) in [6, 6.07) is 0. The van der Waals surface area contributed by atoms with Gasteiger partial charge < -0.3 is 15.1 Å². The number of hydrogen-bond donors (Lipinski definition) is 1. The standard InChI is InChI=1S/C11H24N4/c1-11(2)8-13-10(15(5)9-11)12-6-7-14(3)4/h6-9H2,1-5H3,(H,12,13). The summed E-state index contributed by atoms with van der Waals surface area (Å²) in [5.74, 6) is 1.04. The van der Waals surface area contributed by atoms with Gasteiger partial charge in [0, 0.05) is 38.6 Å². The molecular formula is C11H24N4. The molecule has 0 aromatic carbocycles. The summed E-state index contributed by atoms with van der Waals surface area (Å²) in [5.41, 5.74) is 0.307. The van der Waals surface area contributed by atoms with Crippen LogP contribution in [0.3, 0.4) is 0 Å². The SMILES string of the molecule is CN(C)CCNC1=NCC(C)(C)CN1C. The third kappa shape index (κ3) is 4.08. The molecule has 0 radical (unpaired) electrons. The van der Waals surface area contributed by atoms with Gasteiger partial charge in [0.05, 0.1) is 0 Å². The largest absolute Gasteiger partial charge is 0.355 e. The van der Waals surface area contributed by atoms with Crippen LogP contribution in [0, 0.1) is 5.41 Å². The molecule has 0 aliphatic carbocycles. The van der Waals surface area contributed by atoms with Gasteiger partial charge in [0.25, 0.3) is 0 Å². The van der Waals surface area contributed by atoms with Crippen LogP contribution in [-0.2, 0) is 0 Å².